The average Bonchev–Trinajstić information content (AvgIpc) is 2.77. The van der Waals surface area contributed by atoms with Crippen LogP contribution < -0.4 is 4.74 Å². The number of rotatable bonds is 3. The molecule has 1 aromatic carbocycles. The number of benzene rings is 1. The Balaban J connectivity index is 2.58. The molecule has 0 saturated heterocycles. The van der Waals surface area contributed by atoms with Crippen molar-refractivity contribution in [1.29, 1.82) is 0 Å². The van der Waals surface area contributed by atoms with E-state index in [0.29, 0.717) is 11.4 Å². The first-order valence-corrected chi connectivity index (χ1v) is 5.47. The van der Waals surface area contributed by atoms with E-state index in [4.69, 9.17) is 9.84 Å². The number of carbonyl (C=O) groups is 1. The summed E-state index contributed by atoms with van der Waals surface area (Å²) in [6.45, 7) is 3.92. The lowest BCUT2D eigenvalue weighted by molar-refractivity contribution is 0.0690. The Morgan fingerprint density at radius 1 is 1.33 bits per heavy atom. The minimum absolute atomic E-state index is 0.0613. The fourth-order valence-corrected chi connectivity index (χ4v) is 1.98. The first kappa shape index (κ1) is 12.2. The molecule has 0 fully saturated rings. The maximum absolute atomic E-state index is 10.8. The quantitative estimate of drug-likeness (QED) is 0.872. The number of H-pyrrole nitrogens is 1. The van der Waals surface area contributed by atoms with E-state index in [1.165, 1.54) is 6.07 Å². The Hall–Kier alpha value is -2.30. The molecule has 5 heteroatoms. The topological polar surface area (TPSA) is 75.2 Å². The van der Waals surface area contributed by atoms with E-state index in [1.54, 1.807) is 7.11 Å². The molecule has 94 valence electrons. The van der Waals surface area contributed by atoms with Crippen LogP contribution in [0, 0.1) is 13.8 Å². The van der Waals surface area contributed by atoms with Crippen molar-refractivity contribution >= 4 is 5.97 Å². The van der Waals surface area contributed by atoms with E-state index in [0.717, 1.165) is 16.7 Å². The Kier molecular flexibility index (Phi) is 3.06. The number of carboxylic acid groups (broad SMARTS) is 1. The third kappa shape index (κ3) is 2.07. The van der Waals surface area contributed by atoms with E-state index in [1.807, 2.05) is 26.0 Å². The molecule has 1 heterocycles. The van der Waals surface area contributed by atoms with Gasteiger partial charge in [-0.1, -0.05) is 6.07 Å². The molecule has 2 rings (SSSR count). The summed E-state index contributed by atoms with van der Waals surface area (Å²) >= 11 is 0. The van der Waals surface area contributed by atoms with Crippen molar-refractivity contribution in [3.63, 3.8) is 0 Å². The number of nitrogens with zero attached hydrogens (tertiary/aromatic N) is 1. The second-order valence-corrected chi connectivity index (χ2v) is 4.13. The highest BCUT2D eigenvalue weighted by molar-refractivity contribution is 5.87. The van der Waals surface area contributed by atoms with Crippen LogP contribution in [0.5, 0.6) is 5.75 Å². The molecule has 5 nitrogen and oxygen atoms in total. The van der Waals surface area contributed by atoms with Gasteiger partial charge < -0.3 is 9.84 Å². The second-order valence-electron chi connectivity index (χ2n) is 4.13. The molecule has 0 unspecified atom stereocenters. The number of aromatic carboxylic acids is 1. The van der Waals surface area contributed by atoms with Gasteiger partial charge in [0.25, 0.3) is 0 Å². The van der Waals surface area contributed by atoms with Crippen LogP contribution in [0.15, 0.2) is 18.2 Å². The zero-order valence-electron chi connectivity index (χ0n) is 10.4. The lowest BCUT2D eigenvalue weighted by Gasteiger charge is -2.10. The monoisotopic (exact) mass is 246 g/mol. The largest absolute Gasteiger partial charge is 0.496 e. The van der Waals surface area contributed by atoms with Crippen molar-refractivity contribution in [2.75, 3.05) is 7.11 Å². The number of aromatic nitrogens is 2. The highest BCUT2D eigenvalue weighted by Gasteiger charge is 2.14. The van der Waals surface area contributed by atoms with Crippen LogP contribution in [0.2, 0.25) is 0 Å². The molecular formula is C13H14N2O3. The van der Waals surface area contributed by atoms with Crippen LogP contribution in [0.3, 0.4) is 0 Å². The fraction of sp³-hybridized carbons (Fsp3) is 0.231. The second kappa shape index (κ2) is 4.52. The molecule has 0 radical (unpaired) electrons. The Labute approximate surface area is 104 Å². The molecular weight excluding hydrogens is 232 g/mol. The molecule has 18 heavy (non-hydrogen) atoms. The maximum atomic E-state index is 10.8. The van der Waals surface area contributed by atoms with Crippen LogP contribution in [0.4, 0.5) is 0 Å². The number of hydrogen-bond acceptors (Lipinski definition) is 3. The molecule has 2 aromatic rings. The van der Waals surface area contributed by atoms with Gasteiger partial charge >= 0.3 is 5.97 Å². The minimum atomic E-state index is -1.03. The van der Waals surface area contributed by atoms with Crippen molar-refractivity contribution in [3.8, 4) is 17.0 Å². The molecule has 0 bridgehead atoms. The number of aromatic amines is 1. The molecule has 0 aliphatic rings. The van der Waals surface area contributed by atoms with E-state index in [9.17, 15) is 4.79 Å². The standard InChI is InChI=1S/C13H14N2O3/c1-7-4-8(2)12(18-3)9(5-7)10-6-11(13(16)17)15-14-10/h4-6H,1-3H3,(H,14,15)(H,16,17). The van der Waals surface area contributed by atoms with Gasteiger partial charge in [0.2, 0.25) is 0 Å². The first-order valence-electron chi connectivity index (χ1n) is 5.47. The molecule has 0 aliphatic heterocycles. The summed E-state index contributed by atoms with van der Waals surface area (Å²) in [6, 6.07) is 5.43. The lowest BCUT2D eigenvalue weighted by Crippen LogP contribution is -1.95. The van der Waals surface area contributed by atoms with Crippen LogP contribution in [-0.2, 0) is 0 Å². The molecule has 0 amide bonds. The number of aryl methyl sites for hydroxylation is 2. The normalized spacial score (nSPS) is 10.4. The molecule has 2 N–H and O–H groups in total. The van der Waals surface area contributed by atoms with E-state index in [-0.39, 0.29) is 5.69 Å². The molecule has 1 aromatic heterocycles. The molecule has 0 aliphatic carbocycles. The highest BCUT2D eigenvalue weighted by atomic mass is 16.5. The van der Waals surface area contributed by atoms with Gasteiger partial charge in [-0.2, -0.15) is 5.10 Å². The van der Waals surface area contributed by atoms with Gasteiger partial charge in [-0.05, 0) is 37.1 Å². The summed E-state index contributed by atoms with van der Waals surface area (Å²) in [5.74, 6) is -0.318. The minimum Gasteiger partial charge on any atom is -0.496 e. The van der Waals surface area contributed by atoms with Crippen LogP contribution >= 0.6 is 0 Å². The number of ether oxygens (including phenoxy) is 1. The molecule has 0 atom stereocenters. The van der Waals surface area contributed by atoms with Gasteiger partial charge in [0, 0.05) is 5.56 Å². The lowest BCUT2D eigenvalue weighted by atomic mass is 10.0. The molecule has 0 saturated carbocycles. The first-order chi connectivity index (χ1) is 8.52. The van der Waals surface area contributed by atoms with Crippen molar-refractivity contribution < 1.29 is 14.6 Å². The van der Waals surface area contributed by atoms with Crippen molar-refractivity contribution in [1.82, 2.24) is 10.2 Å². The van der Waals surface area contributed by atoms with E-state index >= 15 is 0 Å². The number of carboxylic acids is 1. The van der Waals surface area contributed by atoms with E-state index in [2.05, 4.69) is 10.2 Å². The van der Waals surface area contributed by atoms with Crippen LogP contribution in [0.25, 0.3) is 11.3 Å². The fourth-order valence-electron chi connectivity index (χ4n) is 1.98. The van der Waals surface area contributed by atoms with Gasteiger partial charge in [-0.25, -0.2) is 4.79 Å². The average molecular weight is 246 g/mol. The van der Waals surface area contributed by atoms with Crippen LogP contribution in [-0.4, -0.2) is 28.4 Å². The van der Waals surface area contributed by atoms with Crippen molar-refractivity contribution in [3.05, 3.63) is 35.0 Å². The van der Waals surface area contributed by atoms with Gasteiger partial charge in [0.1, 0.15) is 11.4 Å². The predicted molar refractivity (Wildman–Crippen MR) is 67.0 cm³/mol. The third-order valence-electron chi connectivity index (χ3n) is 2.71. The maximum Gasteiger partial charge on any atom is 0.353 e. The van der Waals surface area contributed by atoms with E-state index < -0.39 is 5.97 Å². The Bertz CT molecular complexity index is 602. The number of hydrogen-bond donors (Lipinski definition) is 2. The Morgan fingerprint density at radius 3 is 2.61 bits per heavy atom. The summed E-state index contributed by atoms with van der Waals surface area (Å²) in [5, 5.41) is 15.4. The summed E-state index contributed by atoms with van der Waals surface area (Å²) in [6.07, 6.45) is 0. The smallest absolute Gasteiger partial charge is 0.353 e. The zero-order chi connectivity index (χ0) is 13.3. The number of nitrogens with one attached hydrogen (secondary N) is 1. The summed E-state index contributed by atoms with van der Waals surface area (Å²) in [7, 11) is 1.59. The SMILES string of the molecule is COc1c(C)cc(C)cc1-c1cc(C(=O)O)[nH]n1. The van der Waals surface area contributed by atoms with Crippen LogP contribution in [0.1, 0.15) is 21.6 Å². The predicted octanol–water partition coefficient (Wildman–Crippen LogP) is 2.40. The van der Waals surface area contributed by atoms with Crippen molar-refractivity contribution in [2.45, 2.75) is 13.8 Å². The third-order valence-corrected chi connectivity index (χ3v) is 2.71. The summed E-state index contributed by atoms with van der Waals surface area (Å²) in [5.41, 5.74) is 3.48. The highest BCUT2D eigenvalue weighted by Crippen LogP contribution is 2.33. The van der Waals surface area contributed by atoms with Crippen molar-refractivity contribution in [2.24, 2.45) is 0 Å². The summed E-state index contributed by atoms with van der Waals surface area (Å²) < 4.78 is 5.35. The van der Waals surface area contributed by atoms with Gasteiger partial charge in [-0.15, -0.1) is 0 Å². The van der Waals surface area contributed by atoms with Gasteiger partial charge in [0.05, 0.1) is 12.8 Å². The molecule has 0 spiro atoms. The zero-order valence-corrected chi connectivity index (χ0v) is 10.4. The van der Waals surface area contributed by atoms with Gasteiger partial charge in [0.15, 0.2) is 0 Å². The summed E-state index contributed by atoms with van der Waals surface area (Å²) in [4.78, 5) is 10.8. The van der Waals surface area contributed by atoms with Gasteiger partial charge in [-0.3, -0.25) is 5.10 Å². The Morgan fingerprint density at radius 2 is 2.06 bits per heavy atom. The number of methoxy groups -OCH3 is 1.